The fourth-order valence-corrected chi connectivity index (χ4v) is 2.85. The Morgan fingerprint density at radius 3 is 2.41 bits per heavy atom. The highest BCUT2D eigenvalue weighted by Gasteiger charge is 2.46. The largest absolute Gasteiger partial charge is 0.396 e. The predicted octanol–water partition coefficient (Wildman–Crippen LogP) is 2.98. The van der Waals surface area contributed by atoms with Crippen molar-refractivity contribution in [3.05, 3.63) is 35.4 Å². The number of rotatable bonds is 7. The molecule has 0 spiro atoms. The molecule has 1 amide bonds. The van der Waals surface area contributed by atoms with E-state index in [2.05, 4.69) is 5.32 Å². The third kappa shape index (κ3) is 3.29. The molecule has 1 aromatic rings. The number of amides is 1. The topological polar surface area (TPSA) is 49.3 Å². The third-order valence-electron chi connectivity index (χ3n) is 4.97. The minimum atomic E-state index is -0.591. The summed E-state index contributed by atoms with van der Waals surface area (Å²) in [6.45, 7) is 4.34. The minimum absolute atomic E-state index is 0.0102. The van der Waals surface area contributed by atoms with Crippen molar-refractivity contribution in [3.8, 4) is 0 Å². The van der Waals surface area contributed by atoms with Crippen LogP contribution in [0.5, 0.6) is 0 Å². The number of nitrogens with one attached hydrogen (secondary N) is 1. The molecule has 2 atom stereocenters. The average Bonchev–Trinajstić information content (AvgIpc) is 3.29. The van der Waals surface area contributed by atoms with E-state index in [1.54, 1.807) is 0 Å². The fourth-order valence-electron chi connectivity index (χ4n) is 2.85. The van der Waals surface area contributed by atoms with E-state index in [1.807, 2.05) is 13.8 Å². The maximum atomic E-state index is 13.7. The van der Waals surface area contributed by atoms with Crippen LogP contribution >= 0.6 is 0 Å². The molecule has 5 heteroatoms. The molecule has 2 N–H and O–H groups in total. The summed E-state index contributed by atoms with van der Waals surface area (Å²) in [4.78, 5) is 12.2. The smallest absolute Gasteiger partial charge is 0.223 e. The number of carbonyl (C=O) groups excluding carboxylic acids is 1. The Bertz CT molecular complexity index is 515. The number of benzene rings is 1. The number of hydrogen-bond donors (Lipinski definition) is 2. The number of carbonyl (C=O) groups is 1. The van der Waals surface area contributed by atoms with Crippen molar-refractivity contribution in [3.63, 3.8) is 0 Å². The molecule has 1 aromatic carbocycles. The Morgan fingerprint density at radius 2 is 1.91 bits per heavy atom. The second kappa shape index (κ2) is 6.73. The monoisotopic (exact) mass is 311 g/mol. The summed E-state index contributed by atoms with van der Waals surface area (Å²) in [5, 5.41) is 12.3. The average molecular weight is 311 g/mol. The van der Waals surface area contributed by atoms with Gasteiger partial charge in [0.15, 0.2) is 0 Å². The van der Waals surface area contributed by atoms with E-state index in [-0.39, 0.29) is 35.3 Å². The molecule has 1 fully saturated rings. The van der Waals surface area contributed by atoms with Gasteiger partial charge in [0, 0.05) is 29.4 Å². The van der Waals surface area contributed by atoms with Crippen LogP contribution in [-0.4, -0.2) is 24.2 Å². The molecule has 0 saturated heterocycles. The molecule has 3 nitrogen and oxygen atoms in total. The van der Waals surface area contributed by atoms with Crippen molar-refractivity contribution in [2.75, 3.05) is 13.2 Å². The lowest BCUT2D eigenvalue weighted by Crippen LogP contribution is -2.40. The molecule has 0 radical (unpaired) electrons. The Hall–Kier alpha value is -1.49. The molecule has 1 saturated carbocycles. The zero-order chi connectivity index (χ0) is 16.3. The molecule has 1 aliphatic carbocycles. The molecule has 2 rings (SSSR count). The van der Waals surface area contributed by atoms with Crippen LogP contribution in [0.1, 0.15) is 44.6 Å². The van der Waals surface area contributed by atoms with Crippen molar-refractivity contribution in [2.45, 2.75) is 39.0 Å². The molecule has 0 heterocycles. The van der Waals surface area contributed by atoms with Crippen molar-refractivity contribution in [2.24, 2.45) is 11.3 Å². The van der Waals surface area contributed by atoms with E-state index in [9.17, 15) is 18.7 Å². The van der Waals surface area contributed by atoms with E-state index in [1.165, 1.54) is 18.2 Å². The number of halogens is 2. The van der Waals surface area contributed by atoms with Gasteiger partial charge in [-0.2, -0.15) is 0 Å². The van der Waals surface area contributed by atoms with Crippen LogP contribution in [0.25, 0.3) is 0 Å². The van der Waals surface area contributed by atoms with E-state index in [0.717, 1.165) is 12.8 Å². The van der Waals surface area contributed by atoms with Gasteiger partial charge in [0.25, 0.3) is 0 Å². The molecule has 122 valence electrons. The lowest BCUT2D eigenvalue weighted by molar-refractivity contribution is -0.123. The quantitative estimate of drug-likeness (QED) is 0.813. The molecular formula is C17H23F2NO2. The van der Waals surface area contributed by atoms with Crippen LogP contribution in [0.15, 0.2) is 18.2 Å². The molecule has 0 aliphatic heterocycles. The lowest BCUT2D eigenvalue weighted by atomic mass is 9.83. The molecular weight excluding hydrogens is 288 g/mol. The normalized spacial score (nSPS) is 20.8. The first-order valence-corrected chi connectivity index (χ1v) is 7.80. The summed E-state index contributed by atoms with van der Waals surface area (Å²) < 4.78 is 27.4. The molecule has 2 unspecified atom stereocenters. The zero-order valence-electron chi connectivity index (χ0n) is 13.0. The van der Waals surface area contributed by atoms with E-state index >= 15 is 0 Å². The molecule has 1 aliphatic rings. The summed E-state index contributed by atoms with van der Waals surface area (Å²) in [7, 11) is 0. The van der Waals surface area contributed by atoms with Gasteiger partial charge < -0.3 is 10.4 Å². The van der Waals surface area contributed by atoms with Crippen molar-refractivity contribution < 1.29 is 18.7 Å². The highest BCUT2D eigenvalue weighted by atomic mass is 19.1. The second-order valence-electron chi connectivity index (χ2n) is 6.17. The molecule has 0 bridgehead atoms. The maximum Gasteiger partial charge on any atom is 0.223 e. The summed E-state index contributed by atoms with van der Waals surface area (Å²) in [6, 6.07) is 3.76. The number of aliphatic hydroxyl groups is 1. The molecule has 22 heavy (non-hydrogen) atoms. The third-order valence-corrected chi connectivity index (χ3v) is 4.97. The SMILES string of the molecule is CCC(CC)(CO)CNC(=O)C1CC1c1c(F)cccc1F. The van der Waals surface area contributed by atoms with Crippen molar-refractivity contribution in [1.82, 2.24) is 5.32 Å². The zero-order valence-corrected chi connectivity index (χ0v) is 13.0. The lowest BCUT2D eigenvalue weighted by Gasteiger charge is -2.29. The predicted molar refractivity (Wildman–Crippen MR) is 80.3 cm³/mol. The van der Waals surface area contributed by atoms with Crippen molar-refractivity contribution >= 4 is 5.91 Å². The number of hydrogen-bond acceptors (Lipinski definition) is 2. The van der Waals surface area contributed by atoms with E-state index < -0.39 is 11.6 Å². The Morgan fingerprint density at radius 1 is 1.32 bits per heavy atom. The van der Waals surface area contributed by atoms with Crippen LogP contribution < -0.4 is 5.32 Å². The van der Waals surface area contributed by atoms with Gasteiger partial charge in [0.05, 0.1) is 6.61 Å². The van der Waals surface area contributed by atoms with Crippen LogP contribution in [0.4, 0.5) is 8.78 Å². The first-order chi connectivity index (χ1) is 10.5. The summed E-state index contributed by atoms with van der Waals surface area (Å²) in [6.07, 6.45) is 1.99. The van der Waals surface area contributed by atoms with E-state index in [0.29, 0.717) is 13.0 Å². The van der Waals surface area contributed by atoms with Gasteiger partial charge in [-0.25, -0.2) is 8.78 Å². The second-order valence-corrected chi connectivity index (χ2v) is 6.17. The van der Waals surface area contributed by atoms with Gasteiger partial charge in [-0.1, -0.05) is 19.9 Å². The summed E-state index contributed by atoms with van der Waals surface area (Å²) >= 11 is 0. The highest BCUT2D eigenvalue weighted by Crippen LogP contribution is 2.49. The van der Waals surface area contributed by atoms with Crippen LogP contribution in [-0.2, 0) is 4.79 Å². The van der Waals surface area contributed by atoms with Crippen molar-refractivity contribution in [1.29, 1.82) is 0 Å². The van der Waals surface area contributed by atoms with Gasteiger partial charge >= 0.3 is 0 Å². The van der Waals surface area contributed by atoms with Gasteiger partial charge in [0.1, 0.15) is 11.6 Å². The number of aliphatic hydroxyl groups excluding tert-OH is 1. The minimum Gasteiger partial charge on any atom is -0.396 e. The van der Waals surface area contributed by atoms with Gasteiger partial charge in [-0.05, 0) is 31.4 Å². The first-order valence-electron chi connectivity index (χ1n) is 7.80. The van der Waals surface area contributed by atoms with Crippen LogP contribution in [0.3, 0.4) is 0 Å². The Kier molecular flexibility index (Phi) is 5.16. The standard InChI is InChI=1S/C17H23F2NO2/c1-3-17(4-2,10-21)9-20-16(22)12-8-11(12)15-13(18)6-5-7-14(15)19/h5-7,11-12,21H,3-4,8-10H2,1-2H3,(H,20,22). The van der Waals surface area contributed by atoms with Gasteiger partial charge in [-0.3, -0.25) is 4.79 Å². The van der Waals surface area contributed by atoms with Crippen LogP contribution in [0, 0.1) is 23.0 Å². The van der Waals surface area contributed by atoms with Gasteiger partial charge in [0.2, 0.25) is 5.91 Å². The summed E-state index contributed by atoms with van der Waals surface area (Å²) in [5.74, 6) is -2.13. The highest BCUT2D eigenvalue weighted by molar-refractivity contribution is 5.83. The Balaban J connectivity index is 1.97. The summed E-state index contributed by atoms with van der Waals surface area (Å²) in [5.41, 5.74) is -0.300. The first kappa shape index (κ1) is 16.9. The fraction of sp³-hybridized carbons (Fsp3) is 0.588. The van der Waals surface area contributed by atoms with Gasteiger partial charge in [-0.15, -0.1) is 0 Å². The van der Waals surface area contributed by atoms with E-state index in [4.69, 9.17) is 0 Å². The maximum absolute atomic E-state index is 13.7. The molecule has 0 aromatic heterocycles. The van der Waals surface area contributed by atoms with Crippen LogP contribution in [0.2, 0.25) is 0 Å². The Labute approximate surface area is 129 Å².